The molecule has 0 aliphatic carbocycles. The summed E-state index contributed by atoms with van der Waals surface area (Å²) in [6.45, 7) is 23.3. The molecule has 2 aromatic rings. The molecular formula is C31H60N4. The Morgan fingerprint density at radius 2 is 0.914 bits per heavy atom. The van der Waals surface area contributed by atoms with Crippen LogP contribution < -0.4 is 9.80 Å². The summed E-state index contributed by atoms with van der Waals surface area (Å²) < 4.78 is 0. The Bertz CT molecular complexity index is 646. The molecule has 0 amide bonds. The minimum Gasteiger partial charge on any atom is -0.359 e. The molecule has 0 saturated heterocycles. The minimum absolute atomic E-state index is 0. The molecule has 0 fully saturated rings. The van der Waals surface area contributed by atoms with E-state index in [0.29, 0.717) is 0 Å². The fourth-order valence-electron chi connectivity index (χ4n) is 3.16. The summed E-state index contributed by atoms with van der Waals surface area (Å²) in [5, 5.41) is 0. The molecule has 4 heterocycles. The maximum atomic E-state index is 4.33. The van der Waals surface area contributed by atoms with Crippen molar-refractivity contribution in [3.8, 4) is 0 Å². The molecular weight excluding hydrogens is 428 g/mol. The predicted octanol–water partition coefficient (Wildman–Crippen LogP) is 8.94. The van der Waals surface area contributed by atoms with Crippen LogP contribution in [0.1, 0.15) is 101 Å². The van der Waals surface area contributed by atoms with E-state index in [1.807, 2.05) is 52.2 Å². The highest BCUT2D eigenvalue weighted by molar-refractivity contribution is 5.48. The van der Waals surface area contributed by atoms with Crippen molar-refractivity contribution < 1.29 is 0 Å². The lowest BCUT2D eigenvalue weighted by atomic mass is 10.1. The van der Waals surface area contributed by atoms with Crippen LogP contribution in [0.15, 0.2) is 36.7 Å². The minimum atomic E-state index is 0. The summed E-state index contributed by atoms with van der Waals surface area (Å²) in [4.78, 5) is 13.1. The number of hydrogen-bond donors (Lipinski definition) is 0. The van der Waals surface area contributed by atoms with Gasteiger partial charge < -0.3 is 9.80 Å². The van der Waals surface area contributed by atoms with Crippen molar-refractivity contribution in [3.63, 3.8) is 0 Å². The lowest BCUT2D eigenvalue weighted by Gasteiger charge is -2.25. The average molecular weight is 489 g/mol. The van der Waals surface area contributed by atoms with Gasteiger partial charge in [0.2, 0.25) is 0 Å². The summed E-state index contributed by atoms with van der Waals surface area (Å²) in [5.41, 5.74) is 2.78. The fraction of sp³-hybridized carbons (Fsp3) is 0.677. The second-order valence-corrected chi connectivity index (χ2v) is 9.49. The molecule has 0 spiro atoms. The summed E-state index contributed by atoms with van der Waals surface area (Å²) in [7, 11) is 4.20. The second kappa shape index (κ2) is 23.6. The topological polar surface area (TPSA) is 32.3 Å². The Morgan fingerprint density at radius 1 is 0.629 bits per heavy atom. The number of anilines is 2. The molecule has 4 nitrogen and oxygen atoms in total. The third-order valence-electron chi connectivity index (χ3n) is 4.34. The highest BCUT2D eigenvalue weighted by Crippen LogP contribution is 2.22. The lowest BCUT2D eigenvalue weighted by Crippen LogP contribution is -2.25. The molecule has 35 heavy (non-hydrogen) atoms. The van der Waals surface area contributed by atoms with Gasteiger partial charge in [-0.15, -0.1) is 0 Å². The Labute approximate surface area is 220 Å². The van der Waals surface area contributed by atoms with Crippen molar-refractivity contribution in [2.24, 2.45) is 11.8 Å². The molecule has 0 atom stereocenters. The van der Waals surface area contributed by atoms with Gasteiger partial charge in [-0.25, -0.2) is 9.97 Å². The van der Waals surface area contributed by atoms with Gasteiger partial charge in [0.15, 0.2) is 0 Å². The van der Waals surface area contributed by atoms with Crippen LogP contribution in [-0.2, 0) is 12.8 Å². The SMILES string of the molecule is C.CC.CC.CC(C)C.CC(C)C.CN1CCCc2cccnc21.CN1CCCc2cccnc21. The molecule has 2 aromatic heterocycles. The molecule has 0 radical (unpaired) electrons. The van der Waals surface area contributed by atoms with Gasteiger partial charge in [-0.1, -0.05) is 88.8 Å². The van der Waals surface area contributed by atoms with Gasteiger partial charge in [0, 0.05) is 39.6 Å². The van der Waals surface area contributed by atoms with Gasteiger partial charge >= 0.3 is 0 Å². The molecule has 204 valence electrons. The number of rotatable bonds is 0. The van der Waals surface area contributed by atoms with Crippen LogP contribution in [0.3, 0.4) is 0 Å². The summed E-state index contributed by atoms with van der Waals surface area (Å²) in [5.74, 6) is 4.00. The zero-order valence-electron chi connectivity index (χ0n) is 24.7. The number of pyridine rings is 2. The Hall–Kier alpha value is -2.10. The van der Waals surface area contributed by atoms with Crippen LogP contribution in [0.25, 0.3) is 0 Å². The van der Waals surface area contributed by atoms with E-state index in [0.717, 1.165) is 24.9 Å². The molecule has 0 bridgehead atoms. The summed E-state index contributed by atoms with van der Waals surface area (Å²) in [6, 6.07) is 8.35. The number of aryl methyl sites for hydroxylation is 2. The van der Waals surface area contributed by atoms with E-state index in [2.05, 4.69) is 87.5 Å². The van der Waals surface area contributed by atoms with Crippen molar-refractivity contribution in [3.05, 3.63) is 47.8 Å². The van der Waals surface area contributed by atoms with Crippen LogP contribution in [0.5, 0.6) is 0 Å². The number of hydrogen-bond acceptors (Lipinski definition) is 4. The van der Waals surface area contributed by atoms with Gasteiger partial charge in [0.05, 0.1) is 0 Å². The number of aromatic nitrogens is 2. The molecule has 2 aliphatic heterocycles. The van der Waals surface area contributed by atoms with E-state index in [9.17, 15) is 0 Å². The average Bonchev–Trinajstić information content (AvgIpc) is 2.82. The summed E-state index contributed by atoms with van der Waals surface area (Å²) >= 11 is 0. The third kappa shape index (κ3) is 17.9. The van der Waals surface area contributed by atoms with Crippen LogP contribution in [-0.4, -0.2) is 37.2 Å². The second-order valence-electron chi connectivity index (χ2n) is 9.49. The van der Waals surface area contributed by atoms with E-state index < -0.39 is 0 Å². The van der Waals surface area contributed by atoms with Crippen LogP contribution >= 0.6 is 0 Å². The molecule has 2 aliphatic rings. The zero-order valence-corrected chi connectivity index (χ0v) is 24.7. The van der Waals surface area contributed by atoms with Gasteiger partial charge in [-0.2, -0.15) is 0 Å². The quantitative estimate of drug-likeness (QED) is 0.370. The third-order valence-corrected chi connectivity index (χ3v) is 4.34. The zero-order chi connectivity index (χ0) is 26.5. The lowest BCUT2D eigenvalue weighted by molar-refractivity contribution is 0.730. The van der Waals surface area contributed by atoms with Crippen molar-refractivity contribution >= 4 is 11.6 Å². The first-order valence-electron chi connectivity index (χ1n) is 13.5. The predicted molar refractivity (Wildman–Crippen MR) is 162 cm³/mol. The van der Waals surface area contributed by atoms with Gasteiger partial charge in [-0.05, 0) is 60.8 Å². The van der Waals surface area contributed by atoms with E-state index >= 15 is 0 Å². The van der Waals surface area contributed by atoms with Crippen LogP contribution in [0.4, 0.5) is 11.6 Å². The molecule has 0 N–H and O–H groups in total. The number of nitrogens with zero attached hydrogens (tertiary/aromatic N) is 4. The summed E-state index contributed by atoms with van der Waals surface area (Å²) in [6.07, 6.45) is 8.62. The Balaban J connectivity index is -0.000000401. The highest BCUT2D eigenvalue weighted by Gasteiger charge is 2.13. The smallest absolute Gasteiger partial charge is 0.131 e. The molecule has 0 aromatic carbocycles. The van der Waals surface area contributed by atoms with Crippen LogP contribution in [0.2, 0.25) is 0 Å². The largest absolute Gasteiger partial charge is 0.359 e. The molecule has 4 heteroatoms. The van der Waals surface area contributed by atoms with Gasteiger partial charge in [-0.3, -0.25) is 0 Å². The van der Waals surface area contributed by atoms with E-state index in [1.165, 1.54) is 48.4 Å². The van der Waals surface area contributed by atoms with Crippen molar-refractivity contribution in [2.45, 2.75) is 102 Å². The monoisotopic (exact) mass is 488 g/mol. The van der Waals surface area contributed by atoms with Crippen molar-refractivity contribution in [2.75, 3.05) is 37.0 Å². The van der Waals surface area contributed by atoms with Crippen LogP contribution in [0, 0.1) is 11.8 Å². The normalized spacial score (nSPS) is 12.6. The fourth-order valence-corrected chi connectivity index (χ4v) is 3.16. The first-order valence-corrected chi connectivity index (χ1v) is 13.5. The first-order chi connectivity index (χ1) is 16.2. The van der Waals surface area contributed by atoms with E-state index in [1.54, 1.807) is 0 Å². The Kier molecular flexibility index (Phi) is 25.3. The standard InChI is InChI=1S/2C9H12N2.2C4H10.2C2H6.CH4/c2*1-11-7-3-5-8-4-2-6-10-9(8)11;2*1-4(2)3;2*1-2;/h2*2,4,6H,3,5,7H2,1H3;2*4H,1-3H3;2*1-2H3;1H4. The van der Waals surface area contributed by atoms with Gasteiger partial charge in [0.1, 0.15) is 11.6 Å². The maximum Gasteiger partial charge on any atom is 0.131 e. The van der Waals surface area contributed by atoms with Gasteiger partial charge in [0.25, 0.3) is 0 Å². The highest BCUT2D eigenvalue weighted by atomic mass is 15.2. The first kappa shape index (κ1) is 37.4. The molecule has 0 unspecified atom stereocenters. The maximum absolute atomic E-state index is 4.33. The molecule has 4 rings (SSSR count). The van der Waals surface area contributed by atoms with Crippen molar-refractivity contribution in [1.82, 2.24) is 9.97 Å². The van der Waals surface area contributed by atoms with E-state index in [-0.39, 0.29) is 7.43 Å². The Morgan fingerprint density at radius 3 is 1.17 bits per heavy atom. The van der Waals surface area contributed by atoms with E-state index in [4.69, 9.17) is 0 Å². The number of fused-ring (bicyclic) bond motifs is 2. The van der Waals surface area contributed by atoms with Crippen molar-refractivity contribution in [1.29, 1.82) is 0 Å². The molecule has 0 saturated carbocycles.